The summed E-state index contributed by atoms with van der Waals surface area (Å²) in [6.45, 7) is 2.39. The van der Waals surface area contributed by atoms with Gasteiger partial charge in [-0.1, -0.05) is 36.4 Å². The molecule has 3 rings (SSSR count). The third-order valence-corrected chi connectivity index (χ3v) is 4.78. The molecule has 1 aromatic heterocycles. The molecule has 1 amide bonds. The predicted molar refractivity (Wildman–Crippen MR) is 106 cm³/mol. The van der Waals surface area contributed by atoms with Crippen molar-refractivity contribution in [1.29, 1.82) is 0 Å². The predicted octanol–water partition coefficient (Wildman–Crippen LogP) is 3.67. The van der Waals surface area contributed by atoms with Crippen molar-refractivity contribution in [2.24, 2.45) is 0 Å². The molecule has 138 valence electrons. The number of rotatable bonds is 8. The van der Waals surface area contributed by atoms with Crippen molar-refractivity contribution in [3.05, 3.63) is 70.0 Å². The van der Waals surface area contributed by atoms with Crippen LogP contribution in [0.2, 0.25) is 0 Å². The molecule has 0 spiro atoms. The normalized spacial score (nSPS) is 10.4. The van der Waals surface area contributed by atoms with Gasteiger partial charge in [-0.2, -0.15) is 0 Å². The summed E-state index contributed by atoms with van der Waals surface area (Å²) >= 11 is 1.64. The summed E-state index contributed by atoms with van der Waals surface area (Å²) in [5, 5.41) is 5.93. The number of para-hydroxylation sites is 1. The summed E-state index contributed by atoms with van der Waals surface area (Å²) in [5.41, 5.74) is 3.65. The molecule has 3 aromatic rings. The van der Waals surface area contributed by atoms with Crippen LogP contribution in [0.1, 0.15) is 20.9 Å². The second-order valence-electron chi connectivity index (χ2n) is 5.99. The summed E-state index contributed by atoms with van der Waals surface area (Å²) in [4.78, 5) is 27.3. The summed E-state index contributed by atoms with van der Waals surface area (Å²) in [7, 11) is 0. The van der Waals surface area contributed by atoms with Crippen LogP contribution >= 0.6 is 11.3 Å². The first-order chi connectivity index (χ1) is 13.2. The van der Waals surface area contributed by atoms with Crippen molar-refractivity contribution in [2.75, 3.05) is 13.2 Å². The topological polar surface area (TPSA) is 68.3 Å². The molecule has 0 saturated carbocycles. The fourth-order valence-electron chi connectivity index (χ4n) is 2.59. The SMILES string of the molecule is Cc1nc(-c2ccc(CCNC(=O)COc3ccccc3C=O)cc2)cs1. The maximum atomic E-state index is 11.9. The minimum Gasteiger partial charge on any atom is -0.483 e. The number of thiazole rings is 1. The summed E-state index contributed by atoms with van der Waals surface area (Å²) in [5.74, 6) is 0.195. The lowest BCUT2D eigenvalue weighted by atomic mass is 10.1. The van der Waals surface area contributed by atoms with Gasteiger partial charge in [0, 0.05) is 17.5 Å². The van der Waals surface area contributed by atoms with Crippen molar-refractivity contribution in [3.63, 3.8) is 0 Å². The van der Waals surface area contributed by atoms with Crippen LogP contribution in [0.15, 0.2) is 53.9 Å². The first-order valence-corrected chi connectivity index (χ1v) is 9.49. The lowest BCUT2D eigenvalue weighted by molar-refractivity contribution is -0.123. The molecule has 0 saturated heterocycles. The molecule has 0 fully saturated rings. The average molecular weight is 380 g/mol. The number of carbonyl (C=O) groups is 2. The van der Waals surface area contributed by atoms with Crippen molar-refractivity contribution in [1.82, 2.24) is 10.3 Å². The largest absolute Gasteiger partial charge is 0.483 e. The second kappa shape index (κ2) is 9.09. The number of benzene rings is 2. The van der Waals surface area contributed by atoms with Gasteiger partial charge in [0.15, 0.2) is 12.9 Å². The average Bonchev–Trinajstić information content (AvgIpc) is 3.13. The number of hydrogen-bond donors (Lipinski definition) is 1. The van der Waals surface area contributed by atoms with Crippen molar-refractivity contribution in [3.8, 4) is 17.0 Å². The Balaban J connectivity index is 1.44. The molecule has 6 heteroatoms. The highest BCUT2D eigenvalue weighted by Gasteiger charge is 2.06. The maximum Gasteiger partial charge on any atom is 0.257 e. The molecule has 1 N–H and O–H groups in total. The third-order valence-electron chi connectivity index (χ3n) is 4.01. The molecular weight excluding hydrogens is 360 g/mol. The van der Waals surface area contributed by atoms with Crippen molar-refractivity contribution < 1.29 is 14.3 Å². The Morgan fingerprint density at radius 3 is 2.67 bits per heavy atom. The number of amides is 1. The van der Waals surface area contributed by atoms with Crippen LogP contribution in [0.4, 0.5) is 0 Å². The number of aryl methyl sites for hydroxylation is 1. The highest BCUT2D eigenvalue weighted by atomic mass is 32.1. The van der Waals surface area contributed by atoms with Gasteiger partial charge in [0.1, 0.15) is 5.75 Å². The quantitative estimate of drug-likeness (QED) is 0.606. The van der Waals surface area contributed by atoms with Crippen LogP contribution in [-0.2, 0) is 11.2 Å². The van der Waals surface area contributed by atoms with Gasteiger partial charge >= 0.3 is 0 Å². The fourth-order valence-corrected chi connectivity index (χ4v) is 3.21. The molecule has 0 aliphatic rings. The van der Waals surface area contributed by atoms with E-state index in [0.717, 1.165) is 28.2 Å². The number of aldehydes is 1. The van der Waals surface area contributed by atoms with Gasteiger partial charge < -0.3 is 10.1 Å². The summed E-state index contributed by atoms with van der Waals surface area (Å²) in [6, 6.07) is 15.0. The third kappa shape index (κ3) is 5.24. The lowest BCUT2D eigenvalue weighted by Crippen LogP contribution is -2.30. The Morgan fingerprint density at radius 2 is 1.96 bits per heavy atom. The van der Waals surface area contributed by atoms with E-state index in [1.807, 2.05) is 36.6 Å². The molecule has 0 unspecified atom stereocenters. The van der Waals surface area contributed by atoms with Gasteiger partial charge in [-0.3, -0.25) is 9.59 Å². The Hall–Kier alpha value is -2.99. The van der Waals surface area contributed by atoms with Crippen molar-refractivity contribution >= 4 is 23.5 Å². The molecule has 0 aliphatic carbocycles. The van der Waals surface area contributed by atoms with E-state index in [4.69, 9.17) is 4.74 Å². The van der Waals surface area contributed by atoms with Crippen LogP contribution in [0.3, 0.4) is 0 Å². The fraction of sp³-hybridized carbons (Fsp3) is 0.190. The van der Waals surface area contributed by atoms with Gasteiger partial charge in [-0.05, 0) is 31.0 Å². The molecule has 2 aromatic carbocycles. The van der Waals surface area contributed by atoms with E-state index in [9.17, 15) is 9.59 Å². The van der Waals surface area contributed by atoms with Crippen LogP contribution in [-0.4, -0.2) is 30.3 Å². The van der Waals surface area contributed by atoms with Gasteiger partial charge in [-0.25, -0.2) is 4.98 Å². The molecule has 1 heterocycles. The van der Waals surface area contributed by atoms with Crippen molar-refractivity contribution in [2.45, 2.75) is 13.3 Å². The minimum absolute atomic E-state index is 0.118. The second-order valence-corrected chi connectivity index (χ2v) is 7.06. The highest BCUT2D eigenvalue weighted by Crippen LogP contribution is 2.21. The Bertz CT molecular complexity index is 919. The molecular formula is C21H20N2O3S. The molecule has 27 heavy (non-hydrogen) atoms. The zero-order valence-corrected chi connectivity index (χ0v) is 15.8. The number of nitrogens with one attached hydrogen (secondary N) is 1. The van der Waals surface area contributed by atoms with E-state index < -0.39 is 0 Å². The molecule has 0 radical (unpaired) electrons. The number of ether oxygens (including phenoxy) is 1. The zero-order valence-electron chi connectivity index (χ0n) is 15.0. The lowest BCUT2D eigenvalue weighted by Gasteiger charge is -2.09. The highest BCUT2D eigenvalue weighted by molar-refractivity contribution is 7.09. The van der Waals surface area contributed by atoms with Gasteiger partial charge in [-0.15, -0.1) is 11.3 Å². The number of aromatic nitrogens is 1. The van der Waals surface area contributed by atoms with Crippen LogP contribution in [0.5, 0.6) is 5.75 Å². The summed E-state index contributed by atoms with van der Waals surface area (Å²) in [6.07, 6.45) is 1.44. The Labute approximate surface area is 162 Å². The van der Waals surface area contributed by atoms with Crippen LogP contribution in [0, 0.1) is 6.92 Å². The smallest absolute Gasteiger partial charge is 0.257 e. The Morgan fingerprint density at radius 1 is 1.19 bits per heavy atom. The molecule has 0 bridgehead atoms. The van der Waals surface area contributed by atoms with Crippen LogP contribution < -0.4 is 10.1 Å². The van der Waals surface area contributed by atoms with Crippen LogP contribution in [0.25, 0.3) is 11.3 Å². The Kier molecular flexibility index (Phi) is 6.33. The van der Waals surface area contributed by atoms with E-state index >= 15 is 0 Å². The maximum absolute atomic E-state index is 11.9. The first kappa shape index (κ1) is 18.8. The standard InChI is InChI=1S/C21H20N2O3S/c1-15-23-19(14-27-15)17-8-6-16(7-9-17)10-11-22-21(25)13-26-20-5-3-2-4-18(20)12-24/h2-9,12,14H,10-11,13H2,1H3,(H,22,25). The van der Waals surface area contributed by atoms with E-state index in [-0.39, 0.29) is 12.5 Å². The monoisotopic (exact) mass is 380 g/mol. The number of nitrogens with zero attached hydrogens (tertiary/aromatic N) is 1. The number of carbonyl (C=O) groups excluding carboxylic acids is 2. The molecule has 5 nitrogen and oxygen atoms in total. The van der Waals surface area contributed by atoms with Gasteiger partial charge in [0.2, 0.25) is 0 Å². The summed E-state index contributed by atoms with van der Waals surface area (Å²) < 4.78 is 5.41. The van der Waals surface area contributed by atoms with E-state index in [2.05, 4.69) is 10.3 Å². The molecule has 0 aliphatic heterocycles. The van der Waals surface area contributed by atoms with Gasteiger partial charge in [0.25, 0.3) is 5.91 Å². The minimum atomic E-state index is -0.217. The van der Waals surface area contributed by atoms with Gasteiger partial charge in [0.05, 0.1) is 16.3 Å². The van der Waals surface area contributed by atoms with E-state index in [1.165, 1.54) is 0 Å². The number of hydrogen-bond acceptors (Lipinski definition) is 5. The van der Waals surface area contributed by atoms with E-state index in [1.54, 1.807) is 35.6 Å². The van der Waals surface area contributed by atoms with E-state index in [0.29, 0.717) is 24.1 Å². The molecule has 0 atom stereocenters. The first-order valence-electron chi connectivity index (χ1n) is 8.61. The zero-order chi connectivity index (χ0) is 19.1.